The van der Waals surface area contributed by atoms with Gasteiger partial charge in [-0.2, -0.15) is 5.10 Å². The maximum atomic E-state index is 13.1. The molecule has 1 aromatic carbocycles. The monoisotopic (exact) mass is 492 g/mol. The Kier molecular flexibility index (Phi) is 6.53. The lowest BCUT2D eigenvalue weighted by Gasteiger charge is -2.18. The summed E-state index contributed by atoms with van der Waals surface area (Å²) in [4.78, 5) is 7.94. The van der Waals surface area contributed by atoms with Gasteiger partial charge in [0.2, 0.25) is 5.95 Å². The molecule has 0 aliphatic rings. The fourth-order valence-corrected chi connectivity index (χ4v) is 5.30. The molecule has 2 heterocycles. The average Bonchev–Trinajstić information content (AvgIpc) is 3.15. The van der Waals surface area contributed by atoms with Gasteiger partial charge in [-0.25, -0.2) is 31.5 Å². The van der Waals surface area contributed by atoms with Crippen molar-refractivity contribution in [1.82, 2.24) is 19.7 Å². The van der Waals surface area contributed by atoms with Crippen LogP contribution in [0, 0.1) is 6.92 Å². The van der Waals surface area contributed by atoms with Crippen LogP contribution in [-0.2, 0) is 25.5 Å². The predicted molar refractivity (Wildman–Crippen MR) is 126 cm³/mol. The van der Waals surface area contributed by atoms with E-state index in [1.54, 1.807) is 17.7 Å². The summed E-state index contributed by atoms with van der Waals surface area (Å²) in [5.41, 5.74) is 0.789. The first-order valence-electron chi connectivity index (χ1n) is 10.2. The van der Waals surface area contributed by atoms with Gasteiger partial charge >= 0.3 is 0 Å². The lowest BCUT2D eigenvalue weighted by atomic mass is 9.92. The van der Waals surface area contributed by atoms with E-state index in [9.17, 15) is 16.8 Å². The maximum absolute atomic E-state index is 13.1. The van der Waals surface area contributed by atoms with Crippen LogP contribution < -0.4 is 9.44 Å². The Bertz CT molecular complexity index is 1360. The molecule has 0 atom stereocenters. The molecule has 3 aromatic rings. The van der Waals surface area contributed by atoms with Crippen LogP contribution in [0.4, 0.5) is 11.6 Å². The molecule has 0 fully saturated rings. The molecule has 10 nitrogen and oxygen atoms in total. The number of rotatable bonds is 7. The second kappa shape index (κ2) is 8.75. The van der Waals surface area contributed by atoms with Crippen molar-refractivity contribution in [2.75, 3.05) is 9.44 Å². The van der Waals surface area contributed by atoms with Crippen molar-refractivity contribution in [1.29, 1.82) is 0 Å². The van der Waals surface area contributed by atoms with Gasteiger partial charge in [-0.15, -0.1) is 0 Å². The summed E-state index contributed by atoms with van der Waals surface area (Å²) >= 11 is 0. The molecule has 0 spiro atoms. The molecule has 0 amide bonds. The van der Waals surface area contributed by atoms with Gasteiger partial charge in [0.25, 0.3) is 20.0 Å². The molecule has 33 heavy (non-hydrogen) atoms. The van der Waals surface area contributed by atoms with Crippen molar-refractivity contribution in [3.63, 3.8) is 0 Å². The lowest BCUT2D eigenvalue weighted by molar-refractivity contribution is 0.493. The number of hydrogen-bond acceptors (Lipinski definition) is 7. The van der Waals surface area contributed by atoms with Crippen molar-refractivity contribution >= 4 is 31.7 Å². The highest BCUT2D eigenvalue weighted by atomic mass is 32.2. The number of aromatic nitrogens is 4. The number of aryl methyl sites for hydroxylation is 1. The number of nitrogens with zero attached hydrogens (tertiary/aromatic N) is 4. The molecule has 3 rings (SSSR count). The number of nitrogens with one attached hydrogen (secondary N) is 2. The van der Waals surface area contributed by atoms with E-state index < -0.39 is 25.5 Å². The van der Waals surface area contributed by atoms with Crippen LogP contribution in [0.25, 0.3) is 0 Å². The van der Waals surface area contributed by atoms with E-state index in [1.165, 1.54) is 36.7 Å². The molecule has 2 N–H and O–H groups in total. The summed E-state index contributed by atoms with van der Waals surface area (Å²) in [6, 6.07) is 7.01. The van der Waals surface area contributed by atoms with E-state index in [2.05, 4.69) is 24.5 Å². The highest BCUT2D eigenvalue weighted by Gasteiger charge is 2.30. The minimum Gasteiger partial charge on any atom is -0.280 e. The van der Waals surface area contributed by atoms with Crippen LogP contribution in [0.3, 0.4) is 0 Å². The zero-order chi connectivity index (χ0) is 24.6. The van der Waals surface area contributed by atoms with Gasteiger partial charge in [0, 0.05) is 35.2 Å². The van der Waals surface area contributed by atoms with Crippen LogP contribution in [0.5, 0.6) is 0 Å². The van der Waals surface area contributed by atoms with Crippen molar-refractivity contribution < 1.29 is 16.8 Å². The molecule has 0 unspecified atom stereocenters. The molecule has 0 saturated heterocycles. The Balaban J connectivity index is 1.86. The van der Waals surface area contributed by atoms with Gasteiger partial charge in [0.05, 0.1) is 10.6 Å². The van der Waals surface area contributed by atoms with Gasteiger partial charge in [-0.1, -0.05) is 20.8 Å². The molecular weight excluding hydrogens is 464 g/mol. The fourth-order valence-electron chi connectivity index (χ4n) is 2.95. The minimum atomic E-state index is -3.96. The van der Waals surface area contributed by atoms with Crippen LogP contribution in [0.15, 0.2) is 52.5 Å². The smallest absolute Gasteiger partial charge is 0.265 e. The van der Waals surface area contributed by atoms with E-state index in [-0.39, 0.29) is 27.5 Å². The van der Waals surface area contributed by atoms with Crippen molar-refractivity contribution in [2.24, 2.45) is 0 Å². The normalized spacial score (nSPS) is 12.7. The molecule has 0 radical (unpaired) electrons. The van der Waals surface area contributed by atoms with E-state index in [0.29, 0.717) is 11.4 Å². The number of hydrogen-bond donors (Lipinski definition) is 2. The fraction of sp³-hybridized carbons (Fsp3) is 0.381. The van der Waals surface area contributed by atoms with E-state index in [1.807, 2.05) is 34.6 Å². The summed E-state index contributed by atoms with van der Waals surface area (Å²) in [7, 11) is -7.90. The number of benzene rings is 1. The largest absolute Gasteiger partial charge is 0.280 e. The Morgan fingerprint density at radius 2 is 1.58 bits per heavy atom. The third kappa shape index (κ3) is 5.69. The Morgan fingerprint density at radius 3 is 2.12 bits per heavy atom. The summed E-state index contributed by atoms with van der Waals surface area (Å²) in [6.45, 7) is 11.2. The molecule has 12 heteroatoms. The third-order valence-electron chi connectivity index (χ3n) is 4.66. The molecule has 2 aromatic heterocycles. The first-order chi connectivity index (χ1) is 15.2. The summed E-state index contributed by atoms with van der Waals surface area (Å²) < 4.78 is 58.0. The molecule has 0 saturated carbocycles. The average molecular weight is 493 g/mol. The van der Waals surface area contributed by atoms with Crippen LogP contribution in [0.2, 0.25) is 0 Å². The first kappa shape index (κ1) is 24.6. The summed E-state index contributed by atoms with van der Waals surface area (Å²) in [5.74, 6) is -0.0448. The number of anilines is 2. The minimum absolute atomic E-state index is 0.00979. The highest BCUT2D eigenvalue weighted by Crippen LogP contribution is 2.30. The Labute approximate surface area is 194 Å². The third-order valence-corrected chi connectivity index (χ3v) is 7.39. The lowest BCUT2D eigenvalue weighted by Crippen LogP contribution is -2.20. The van der Waals surface area contributed by atoms with E-state index >= 15 is 0 Å². The summed E-state index contributed by atoms with van der Waals surface area (Å²) in [6.07, 6.45) is 2.96. The van der Waals surface area contributed by atoms with Crippen molar-refractivity contribution in [3.8, 4) is 0 Å². The Hall–Kier alpha value is -2.99. The van der Waals surface area contributed by atoms with Crippen LogP contribution in [0.1, 0.15) is 52.0 Å². The standard InChI is InChI=1S/C21H28N6O4S2/c1-14(2)27-13-18(19(24-27)21(4,5)6)33(30,31)25-16-7-9-17(10-8-16)32(28,29)26-20-22-12-11-15(3)23-20/h7-14,25H,1-6H3,(H,22,23,26). The second-order valence-corrected chi connectivity index (χ2v) is 12.3. The van der Waals surface area contributed by atoms with Crippen LogP contribution in [-0.4, -0.2) is 36.6 Å². The molecular formula is C21H28N6O4S2. The van der Waals surface area contributed by atoms with Crippen LogP contribution >= 0.6 is 0 Å². The van der Waals surface area contributed by atoms with Crippen molar-refractivity contribution in [3.05, 3.63) is 54.1 Å². The first-order valence-corrected chi connectivity index (χ1v) is 13.2. The Morgan fingerprint density at radius 1 is 0.939 bits per heavy atom. The quantitative estimate of drug-likeness (QED) is 0.515. The number of sulfonamides is 2. The van der Waals surface area contributed by atoms with Gasteiger partial charge in [-0.3, -0.25) is 9.40 Å². The van der Waals surface area contributed by atoms with Gasteiger partial charge in [0.15, 0.2) is 0 Å². The van der Waals surface area contributed by atoms with Gasteiger partial charge in [-0.05, 0) is 51.1 Å². The van der Waals surface area contributed by atoms with E-state index in [0.717, 1.165) is 0 Å². The molecule has 0 bridgehead atoms. The van der Waals surface area contributed by atoms with Gasteiger partial charge in [0.1, 0.15) is 4.90 Å². The topological polar surface area (TPSA) is 136 Å². The SMILES string of the molecule is Cc1ccnc(NS(=O)(=O)c2ccc(NS(=O)(=O)c3cn(C(C)C)nc3C(C)(C)C)cc2)n1. The highest BCUT2D eigenvalue weighted by molar-refractivity contribution is 7.93. The zero-order valence-electron chi connectivity index (χ0n) is 19.4. The second-order valence-electron chi connectivity index (χ2n) is 8.92. The summed E-state index contributed by atoms with van der Waals surface area (Å²) in [5, 5.41) is 4.48. The van der Waals surface area contributed by atoms with Gasteiger partial charge < -0.3 is 0 Å². The predicted octanol–water partition coefficient (Wildman–Crippen LogP) is 3.46. The zero-order valence-corrected chi connectivity index (χ0v) is 21.0. The molecule has 178 valence electrons. The molecule has 0 aliphatic carbocycles. The van der Waals surface area contributed by atoms with E-state index in [4.69, 9.17) is 0 Å². The molecule has 0 aliphatic heterocycles. The van der Waals surface area contributed by atoms with Crippen molar-refractivity contribution in [2.45, 2.75) is 62.8 Å². The maximum Gasteiger partial charge on any atom is 0.265 e.